The van der Waals surface area contributed by atoms with Gasteiger partial charge in [-0.2, -0.15) is 0 Å². The summed E-state index contributed by atoms with van der Waals surface area (Å²) in [6.45, 7) is 9.43. The highest BCUT2D eigenvalue weighted by Crippen LogP contribution is 1.99. The minimum atomic E-state index is -1.20. The molecule has 1 unspecified atom stereocenters. The van der Waals surface area contributed by atoms with Crippen molar-refractivity contribution >= 4 is 29.6 Å². The molecule has 0 rings (SSSR count). The third-order valence-corrected chi connectivity index (χ3v) is 7.57. The Morgan fingerprint density at radius 1 is 0.426 bits per heavy atom. The molecule has 7 N–H and O–H groups in total. The van der Waals surface area contributed by atoms with Crippen LogP contribution < -0.4 is 27.0 Å². The number of aliphatic carboxylic acids is 1. The fourth-order valence-corrected chi connectivity index (χ4v) is 4.49. The van der Waals surface area contributed by atoms with Gasteiger partial charge in [0.1, 0.15) is 19.6 Å². The third kappa shape index (κ3) is 46.2. The Balaban J connectivity index is 3.21. The summed E-state index contributed by atoms with van der Waals surface area (Å²) in [6.07, 6.45) is 1.56. The number of carbonyl (C=O) groups excluding carboxylic acids is 4. The average Bonchev–Trinajstić information content (AvgIpc) is 3.23. The van der Waals surface area contributed by atoms with Gasteiger partial charge in [0.25, 0.3) is 0 Å². The van der Waals surface area contributed by atoms with Crippen molar-refractivity contribution in [2.24, 2.45) is 5.73 Å². The molecule has 0 aliphatic carbocycles. The maximum atomic E-state index is 11.8. The molecule has 23 heteroatoms. The second kappa shape index (κ2) is 46.3. The van der Waals surface area contributed by atoms with Gasteiger partial charge in [-0.15, -0.1) is 0 Å². The van der Waals surface area contributed by atoms with Crippen molar-refractivity contribution < 1.29 is 85.9 Å². The number of nitrogens with two attached hydrogens (primary N) is 1. The summed E-state index contributed by atoms with van der Waals surface area (Å²) in [5.41, 5.74) is 5.27. The molecular weight excluding hydrogens is 814 g/mol. The van der Waals surface area contributed by atoms with Crippen LogP contribution in [0.3, 0.4) is 0 Å². The molecule has 0 heterocycles. The molecule has 0 aliphatic heterocycles. The molecule has 23 nitrogen and oxygen atoms in total. The summed E-state index contributed by atoms with van der Waals surface area (Å²) in [6, 6.07) is -0.349. The topological polar surface area (TPSA) is 290 Å². The molecule has 0 aromatic rings. The van der Waals surface area contributed by atoms with E-state index < -0.39 is 18.3 Å². The van der Waals surface area contributed by atoms with Crippen LogP contribution in [0.25, 0.3) is 0 Å². The maximum absolute atomic E-state index is 11.8. The number of amides is 4. The number of nitrogens with one attached hydrogen (secondary N) is 4. The Labute approximate surface area is 359 Å². The number of ether oxygens (including phenoxy) is 12. The first-order chi connectivity index (χ1) is 29.8. The van der Waals surface area contributed by atoms with Crippen LogP contribution in [0.5, 0.6) is 0 Å². The standard InChI is InChI=1S/C38H73N5O18/c1-40-33(38(39)49)4-2-3-5-41-35(45)31-61-29-27-59-25-24-58-23-22-57-21-20-56-19-18-55-17-16-54-15-14-53-13-12-52-11-10-50-9-7-43-36(46)32-60-28-26-51-8-6-42-34(44)30-37(47)48/h33,40H,2-32H2,1H3,(H2,39,49)(H,41,45)(H,42,44)(H,43,46)(H,47,48). The fourth-order valence-electron chi connectivity index (χ4n) is 4.49. The van der Waals surface area contributed by atoms with E-state index in [1.54, 1.807) is 7.05 Å². The molecule has 0 fully saturated rings. The summed E-state index contributed by atoms with van der Waals surface area (Å²) >= 11 is 0. The van der Waals surface area contributed by atoms with E-state index in [9.17, 15) is 24.0 Å². The number of rotatable bonds is 49. The molecule has 358 valence electrons. The lowest BCUT2D eigenvalue weighted by molar-refractivity contribution is -0.141. The van der Waals surface area contributed by atoms with Crippen LogP contribution in [0.15, 0.2) is 0 Å². The Bertz CT molecular complexity index is 1070. The first-order valence-corrected chi connectivity index (χ1v) is 20.7. The van der Waals surface area contributed by atoms with Gasteiger partial charge in [0, 0.05) is 19.6 Å². The first kappa shape index (κ1) is 57.8. The normalized spacial score (nSPS) is 11.7. The van der Waals surface area contributed by atoms with Gasteiger partial charge < -0.3 is 88.9 Å². The van der Waals surface area contributed by atoms with Crippen LogP contribution >= 0.6 is 0 Å². The molecule has 0 radical (unpaired) electrons. The van der Waals surface area contributed by atoms with E-state index in [2.05, 4.69) is 21.3 Å². The van der Waals surface area contributed by atoms with Gasteiger partial charge in [-0.05, 0) is 26.3 Å². The second-order valence-corrected chi connectivity index (χ2v) is 12.6. The SMILES string of the molecule is CNC(CCCCNC(=O)COCCOCCOCCOCCOCCOCCOCCOCCOCCOCCNC(=O)COCCOCCNC(=O)CC(=O)O)C(N)=O. The van der Waals surface area contributed by atoms with Gasteiger partial charge in [0.2, 0.25) is 23.6 Å². The summed E-state index contributed by atoms with van der Waals surface area (Å²) in [5, 5.41) is 19.2. The molecule has 0 aliphatic rings. The smallest absolute Gasteiger partial charge is 0.312 e. The van der Waals surface area contributed by atoms with Crippen LogP contribution in [-0.2, 0) is 80.8 Å². The minimum absolute atomic E-state index is 0.0373. The van der Waals surface area contributed by atoms with Crippen LogP contribution in [-0.4, -0.2) is 226 Å². The molecule has 0 aromatic heterocycles. The summed E-state index contributed by atoms with van der Waals surface area (Å²) in [5.74, 6) is -2.64. The highest BCUT2D eigenvalue weighted by molar-refractivity contribution is 5.93. The number of likely N-dealkylation sites (N-methyl/N-ethyl adjacent to an activating group) is 1. The van der Waals surface area contributed by atoms with Crippen molar-refractivity contribution in [3.63, 3.8) is 0 Å². The fraction of sp³-hybridized carbons (Fsp3) is 0.868. The van der Waals surface area contributed by atoms with E-state index >= 15 is 0 Å². The molecule has 61 heavy (non-hydrogen) atoms. The highest BCUT2D eigenvalue weighted by Gasteiger charge is 2.11. The zero-order valence-electron chi connectivity index (χ0n) is 36.0. The lowest BCUT2D eigenvalue weighted by Crippen LogP contribution is -2.39. The summed E-state index contributed by atoms with van der Waals surface area (Å²) in [7, 11) is 1.69. The number of hydrogen-bond donors (Lipinski definition) is 6. The third-order valence-electron chi connectivity index (χ3n) is 7.57. The van der Waals surface area contributed by atoms with E-state index in [1.807, 2.05) is 0 Å². The number of carbonyl (C=O) groups is 5. The molecule has 0 saturated carbocycles. The number of carboxylic acid groups (broad SMARTS) is 1. The van der Waals surface area contributed by atoms with Gasteiger partial charge in [-0.3, -0.25) is 24.0 Å². The Morgan fingerprint density at radius 2 is 0.721 bits per heavy atom. The molecule has 1 atom stereocenters. The van der Waals surface area contributed by atoms with E-state index in [-0.39, 0.29) is 63.3 Å². The monoisotopic (exact) mass is 887 g/mol. The molecule has 0 saturated heterocycles. The average molecular weight is 888 g/mol. The van der Waals surface area contributed by atoms with Crippen molar-refractivity contribution in [1.29, 1.82) is 0 Å². The van der Waals surface area contributed by atoms with Crippen molar-refractivity contribution in [2.75, 3.05) is 185 Å². The van der Waals surface area contributed by atoms with Gasteiger partial charge in [0.05, 0.1) is 151 Å². The Hall–Kier alpha value is -3.17. The molecular formula is C38H73N5O18. The number of hydrogen-bond acceptors (Lipinski definition) is 18. The van der Waals surface area contributed by atoms with Gasteiger partial charge >= 0.3 is 5.97 Å². The van der Waals surface area contributed by atoms with E-state index in [0.29, 0.717) is 145 Å². The van der Waals surface area contributed by atoms with Crippen molar-refractivity contribution in [3.8, 4) is 0 Å². The van der Waals surface area contributed by atoms with Crippen LogP contribution in [0.4, 0.5) is 0 Å². The number of carboxylic acids is 1. The zero-order chi connectivity index (χ0) is 44.7. The van der Waals surface area contributed by atoms with Crippen molar-refractivity contribution in [1.82, 2.24) is 21.3 Å². The van der Waals surface area contributed by atoms with E-state index in [4.69, 9.17) is 67.7 Å². The van der Waals surface area contributed by atoms with Gasteiger partial charge in [-0.1, -0.05) is 0 Å². The van der Waals surface area contributed by atoms with Crippen LogP contribution in [0, 0.1) is 0 Å². The second-order valence-electron chi connectivity index (χ2n) is 12.6. The van der Waals surface area contributed by atoms with E-state index in [0.717, 1.165) is 12.8 Å². The molecule has 4 amide bonds. The van der Waals surface area contributed by atoms with Gasteiger partial charge in [-0.25, -0.2) is 0 Å². The summed E-state index contributed by atoms with van der Waals surface area (Å²) < 4.78 is 64.8. The number of primary amides is 1. The Kier molecular flexibility index (Phi) is 43.9. The summed E-state index contributed by atoms with van der Waals surface area (Å²) in [4.78, 5) is 56.2. The van der Waals surface area contributed by atoms with Crippen molar-refractivity contribution in [3.05, 3.63) is 0 Å². The highest BCUT2D eigenvalue weighted by atomic mass is 16.6. The number of unbranched alkanes of at least 4 members (excludes halogenated alkanes) is 1. The van der Waals surface area contributed by atoms with Crippen LogP contribution in [0.1, 0.15) is 25.7 Å². The quantitative estimate of drug-likeness (QED) is 0.0267. The molecule has 0 bridgehead atoms. The minimum Gasteiger partial charge on any atom is -0.481 e. The van der Waals surface area contributed by atoms with E-state index in [1.165, 1.54) is 0 Å². The maximum Gasteiger partial charge on any atom is 0.312 e. The zero-order valence-corrected chi connectivity index (χ0v) is 36.0. The Morgan fingerprint density at radius 3 is 1.03 bits per heavy atom. The lowest BCUT2D eigenvalue weighted by atomic mass is 10.1. The van der Waals surface area contributed by atoms with Crippen LogP contribution in [0.2, 0.25) is 0 Å². The molecule has 0 spiro atoms. The predicted molar refractivity (Wildman–Crippen MR) is 217 cm³/mol. The first-order valence-electron chi connectivity index (χ1n) is 20.7. The van der Waals surface area contributed by atoms with Crippen molar-refractivity contribution in [2.45, 2.75) is 31.7 Å². The largest absolute Gasteiger partial charge is 0.481 e. The molecule has 0 aromatic carbocycles. The predicted octanol–water partition coefficient (Wildman–Crippen LogP) is -2.75. The lowest BCUT2D eigenvalue weighted by Gasteiger charge is -2.12. The van der Waals surface area contributed by atoms with Gasteiger partial charge in [0.15, 0.2) is 0 Å².